The number of hydrazone groups is 1. The Hall–Kier alpha value is -2.70. The molecule has 0 unspecified atom stereocenters. The SMILES string of the molecule is CCCn1nc(C(=O)N/N=C\c2ccc(Cl)c(Cl)c2)c2ccccc2c1=O. The molecule has 0 saturated carbocycles. The number of carbonyl (C=O) groups is 1. The number of amides is 1. The molecule has 2 aromatic carbocycles. The first-order chi connectivity index (χ1) is 13.0. The highest BCUT2D eigenvalue weighted by atomic mass is 35.5. The minimum atomic E-state index is -0.507. The van der Waals surface area contributed by atoms with Crippen LogP contribution in [0.1, 0.15) is 29.4 Å². The van der Waals surface area contributed by atoms with Gasteiger partial charge in [-0.2, -0.15) is 10.2 Å². The van der Waals surface area contributed by atoms with E-state index in [1.165, 1.54) is 10.9 Å². The fourth-order valence-corrected chi connectivity index (χ4v) is 2.88. The molecule has 0 aliphatic carbocycles. The number of aryl methyl sites for hydroxylation is 1. The summed E-state index contributed by atoms with van der Waals surface area (Å²) in [6, 6.07) is 11.9. The number of hydrogen-bond acceptors (Lipinski definition) is 4. The third-order valence-corrected chi connectivity index (χ3v) is 4.58. The number of rotatable bonds is 5. The van der Waals surface area contributed by atoms with Gasteiger partial charge in [-0.05, 0) is 30.2 Å². The second-order valence-electron chi connectivity index (χ2n) is 5.80. The summed E-state index contributed by atoms with van der Waals surface area (Å²) in [5, 5.41) is 9.92. The number of nitrogens with one attached hydrogen (secondary N) is 1. The third kappa shape index (κ3) is 4.18. The summed E-state index contributed by atoms with van der Waals surface area (Å²) in [6.45, 7) is 2.36. The highest BCUT2D eigenvalue weighted by Gasteiger charge is 2.16. The molecule has 0 bridgehead atoms. The van der Waals surface area contributed by atoms with Crippen LogP contribution in [0.4, 0.5) is 0 Å². The van der Waals surface area contributed by atoms with E-state index in [0.717, 1.165) is 6.42 Å². The summed E-state index contributed by atoms with van der Waals surface area (Å²) < 4.78 is 1.31. The van der Waals surface area contributed by atoms with Crippen molar-refractivity contribution in [1.29, 1.82) is 0 Å². The molecule has 3 rings (SSSR count). The highest BCUT2D eigenvalue weighted by molar-refractivity contribution is 6.42. The van der Waals surface area contributed by atoms with Crippen molar-refractivity contribution in [1.82, 2.24) is 15.2 Å². The fourth-order valence-electron chi connectivity index (χ4n) is 2.58. The second kappa shape index (κ2) is 8.33. The maximum Gasteiger partial charge on any atom is 0.292 e. The molecule has 0 radical (unpaired) electrons. The molecule has 0 aliphatic heterocycles. The van der Waals surface area contributed by atoms with Gasteiger partial charge in [0.2, 0.25) is 0 Å². The molecule has 8 heteroatoms. The van der Waals surface area contributed by atoms with Crippen LogP contribution in [0.15, 0.2) is 52.4 Å². The molecular weight excluding hydrogens is 387 g/mol. The van der Waals surface area contributed by atoms with Crippen molar-refractivity contribution in [2.75, 3.05) is 0 Å². The van der Waals surface area contributed by atoms with E-state index in [0.29, 0.717) is 32.9 Å². The maximum atomic E-state index is 12.6. The second-order valence-corrected chi connectivity index (χ2v) is 6.61. The Balaban J connectivity index is 1.91. The zero-order chi connectivity index (χ0) is 19.4. The molecule has 1 amide bonds. The minimum absolute atomic E-state index is 0.143. The molecule has 27 heavy (non-hydrogen) atoms. The number of halogens is 2. The van der Waals surface area contributed by atoms with Crippen molar-refractivity contribution in [3.63, 3.8) is 0 Å². The molecular formula is C19H16Cl2N4O2. The molecule has 1 heterocycles. The Kier molecular flexibility index (Phi) is 5.88. The fraction of sp³-hybridized carbons (Fsp3) is 0.158. The van der Waals surface area contributed by atoms with Crippen LogP contribution in [-0.4, -0.2) is 21.9 Å². The smallest absolute Gasteiger partial charge is 0.267 e. The van der Waals surface area contributed by atoms with Crippen molar-refractivity contribution < 1.29 is 4.79 Å². The Morgan fingerprint density at radius 1 is 1.19 bits per heavy atom. The Morgan fingerprint density at radius 3 is 2.63 bits per heavy atom. The van der Waals surface area contributed by atoms with Crippen molar-refractivity contribution >= 4 is 46.1 Å². The van der Waals surface area contributed by atoms with E-state index in [2.05, 4.69) is 15.6 Å². The topological polar surface area (TPSA) is 76.3 Å². The van der Waals surface area contributed by atoms with Gasteiger partial charge in [-0.1, -0.05) is 54.4 Å². The quantitative estimate of drug-likeness (QED) is 0.519. The average Bonchev–Trinajstić information content (AvgIpc) is 2.67. The molecule has 1 aromatic heterocycles. The predicted octanol–water partition coefficient (Wildman–Crippen LogP) is 3.88. The predicted molar refractivity (Wildman–Crippen MR) is 108 cm³/mol. The lowest BCUT2D eigenvalue weighted by molar-refractivity contribution is 0.0949. The number of carbonyl (C=O) groups excluding carboxylic acids is 1. The first-order valence-electron chi connectivity index (χ1n) is 8.29. The van der Waals surface area contributed by atoms with Gasteiger partial charge >= 0.3 is 0 Å². The minimum Gasteiger partial charge on any atom is -0.267 e. The Morgan fingerprint density at radius 2 is 1.93 bits per heavy atom. The van der Waals surface area contributed by atoms with Crippen LogP contribution in [0.5, 0.6) is 0 Å². The molecule has 0 spiro atoms. The Bertz CT molecular complexity index is 1090. The van der Waals surface area contributed by atoms with E-state index in [4.69, 9.17) is 23.2 Å². The molecule has 3 aromatic rings. The molecule has 1 N–H and O–H groups in total. The van der Waals surface area contributed by atoms with Gasteiger partial charge in [0.05, 0.1) is 21.6 Å². The first-order valence-corrected chi connectivity index (χ1v) is 9.05. The van der Waals surface area contributed by atoms with E-state index in [1.807, 2.05) is 6.92 Å². The van der Waals surface area contributed by atoms with Gasteiger partial charge < -0.3 is 0 Å². The van der Waals surface area contributed by atoms with Crippen LogP contribution < -0.4 is 11.0 Å². The molecule has 0 saturated heterocycles. The van der Waals surface area contributed by atoms with Gasteiger partial charge in [0.15, 0.2) is 5.69 Å². The monoisotopic (exact) mass is 402 g/mol. The van der Waals surface area contributed by atoms with E-state index < -0.39 is 5.91 Å². The van der Waals surface area contributed by atoms with Crippen molar-refractivity contribution in [3.05, 3.63) is 74.1 Å². The molecule has 0 atom stereocenters. The van der Waals surface area contributed by atoms with Crippen LogP contribution in [0, 0.1) is 0 Å². The van der Waals surface area contributed by atoms with Gasteiger partial charge in [-0.25, -0.2) is 10.1 Å². The van der Waals surface area contributed by atoms with Gasteiger partial charge in [-0.15, -0.1) is 0 Å². The normalized spacial score (nSPS) is 11.2. The highest BCUT2D eigenvalue weighted by Crippen LogP contribution is 2.21. The number of hydrogen-bond donors (Lipinski definition) is 1. The lowest BCUT2D eigenvalue weighted by atomic mass is 10.1. The van der Waals surface area contributed by atoms with Crippen molar-refractivity contribution in [3.8, 4) is 0 Å². The maximum absolute atomic E-state index is 12.6. The molecule has 0 fully saturated rings. The number of aromatic nitrogens is 2. The van der Waals surface area contributed by atoms with Gasteiger partial charge in [0.1, 0.15) is 0 Å². The number of fused-ring (bicyclic) bond motifs is 1. The zero-order valence-electron chi connectivity index (χ0n) is 14.4. The number of nitrogens with zero attached hydrogens (tertiary/aromatic N) is 3. The zero-order valence-corrected chi connectivity index (χ0v) is 16.0. The molecule has 138 valence electrons. The van der Waals surface area contributed by atoms with E-state index in [9.17, 15) is 9.59 Å². The van der Waals surface area contributed by atoms with Crippen LogP contribution in [-0.2, 0) is 6.54 Å². The standard InChI is InChI=1S/C19H16Cl2N4O2/c1-2-9-25-19(27)14-6-4-3-5-13(14)17(24-25)18(26)23-22-11-12-7-8-15(20)16(21)10-12/h3-8,10-11H,2,9H2,1H3,(H,23,26)/b22-11-. The third-order valence-electron chi connectivity index (χ3n) is 3.84. The van der Waals surface area contributed by atoms with Crippen molar-refractivity contribution in [2.24, 2.45) is 5.10 Å². The van der Waals surface area contributed by atoms with E-state index >= 15 is 0 Å². The van der Waals surface area contributed by atoms with Gasteiger partial charge in [0, 0.05) is 11.9 Å². The number of benzene rings is 2. The van der Waals surface area contributed by atoms with E-state index in [1.54, 1.807) is 42.5 Å². The summed E-state index contributed by atoms with van der Waals surface area (Å²) in [4.78, 5) is 25.1. The van der Waals surface area contributed by atoms with Gasteiger partial charge in [-0.3, -0.25) is 9.59 Å². The van der Waals surface area contributed by atoms with Crippen LogP contribution in [0.3, 0.4) is 0 Å². The van der Waals surface area contributed by atoms with Crippen LogP contribution in [0.2, 0.25) is 10.0 Å². The van der Waals surface area contributed by atoms with Crippen molar-refractivity contribution in [2.45, 2.75) is 19.9 Å². The largest absolute Gasteiger partial charge is 0.292 e. The molecule has 6 nitrogen and oxygen atoms in total. The summed E-state index contributed by atoms with van der Waals surface area (Å²) in [6.07, 6.45) is 2.17. The summed E-state index contributed by atoms with van der Waals surface area (Å²) >= 11 is 11.8. The summed E-state index contributed by atoms with van der Waals surface area (Å²) in [7, 11) is 0. The molecule has 0 aliphatic rings. The van der Waals surface area contributed by atoms with Gasteiger partial charge in [0.25, 0.3) is 11.5 Å². The summed E-state index contributed by atoms with van der Waals surface area (Å²) in [5.74, 6) is -0.507. The first kappa shape index (κ1) is 19.1. The van der Waals surface area contributed by atoms with E-state index in [-0.39, 0.29) is 11.3 Å². The van der Waals surface area contributed by atoms with Crippen LogP contribution >= 0.6 is 23.2 Å². The average molecular weight is 403 g/mol. The Labute approximate surface area is 165 Å². The van der Waals surface area contributed by atoms with Crippen LogP contribution in [0.25, 0.3) is 10.8 Å². The lowest BCUT2D eigenvalue weighted by Gasteiger charge is -2.09. The lowest BCUT2D eigenvalue weighted by Crippen LogP contribution is -2.29. The summed E-state index contributed by atoms with van der Waals surface area (Å²) in [5.41, 5.74) is 3.04.